The normalized spacial score (nSPS) is 38.0. The molecule has 0 amide bonds. The Bertz CT molecular complexity index is 533. The largest absolute Gasteiger partial charge is 0.481 e. The Labute approximate surface area is 139 Å². The fourth-order valence-corrected chi connectivity index (χ4v) is 5.31. The minimum Gasteiger partial charge on any atom is -0.481 e. The summed E-state index contributed by atoms with van der Waals surface area (Å²) in [4.78, 5) is 22.6. The first kappa shape index (κ1) is 18.0. The molecule has 0 aromatic rings. The van der Waals surface area contributed by atoms with Gasteiger partial charge in [0.1, 0.15) is 6.29 Å². The summed E-state index contributed by atoms with van der Waals surface area (Å²) in [5, 5.41) is 9.82. The van der Waals surface area contributed by atoms with Crippen molar-refractivity contribution in [3.05, 3.63) is 23.8 Å². The summed E-state index contributed by atoms with van der Waals surface area (Å²) in [7, 11) is 0. The minimum absolute atomic E-state index is 0.0161. The quantitative estimate of drug-likeness (QED) is 0.451. The van der Waals surface area contributed by atoms with Crippen LogP contribution < -0.4 is 0 Å². The number of carbonyl (C=O) groups excluding carboxylic acids is 1. The molecule has 0 aliphatic heterocycles. The standard InChI is InChI=1S/C20H30O3/c1-14(10-13-21)6-8-16-15(2)7-9-17-19(16,3)11-5-12-20(17,4)18(22)23/h10,13,16-17H,2,5-9,11-12H2,1,3-4H3,(H,22,23)/b14-10+/t16-,17+,19+,20+/m0/s1. The van der Waals surface area contributed by atoms with Crippen LogP contribution in [0.25, 0.3) is 0 Å². The molecule has 3 heteroatoms. The van der Waals surface area contributed by atoms with Crippen LogP contribution in [-0.2, 0) is 9.59 Å². The van der Waals surface area contributed by atoms with Crippen molar-refractivity contribution in [2.75, 3.05) is 0 Å². The molecule has 0 saturated heterocycles. The van der Waals surface area contributed by atoms with Gasteiger partial charge in [0, 0.05) is 0 Å². The molecule has 0 aromatic carbocycles. The second-order valence-corrected chi connectivity index (χ2v) is 8.07. The number of aldehydes is 1. The van der Waals surface area contributed by atoms with Crippen LogP contribution in [0.1, 0.15) is 65.7 Å². The molecule has 3 nitrogen and oxygen atoms in total. The number of allylic oxidation sites excluding steroid dienone is 3. The highest BCUT2D eigenvalue weighted by atomic mass is 16.4. The van der Waals surface area contributed by atoms with Gasteiger partial charge in [-0.05, 0) is 75.7 Å². The molecule has 128 valence electrons. The van der Waals surface area contributed by atoms with Gasteiger partial charge in [0.15, 0.2) is 0 Å². The van der Waals surface area contributed by atoms with Gasteiger partial charge in [-0.2, -0.15) is 0 Å². The fourth-order valence-electron chi connectivity index (χ4n) is 5.31. The number of hydrogen-bond donors (Lipinski definition) is 1. The van der Waals surface area contributed by atoms with Crippen molar-refractivity contribution >= 4 is 12.3 Å². The Morgan fingerprint density at radius 3 is 2.70 bits per heavy atom. The second-order valence-electron chi connectivity index (χ2n) is 8.07. The summed E-state index contributed by atoms with van der Waals surface area (Å²) >= 11 is 0. The highest BCUT2D eigenvalue weighted by Crippen LogP contribution is 2.62. The van der Waals surface area contributed by atoms with E-state index < -0.39 is 11.4 Å². The Kier molecular flexibility index (Phi) is 5.17. The number of carboxylic acids is 1. The highest BCUT2D eigenvalue weighted by Gasteiger charge is 2.57. The highest BCUT2D eigenvalue weighted by molar-refractivity contribution is 5.75. The molecule has 1 N–H and O–H groups in total. The lowest BCUT2D eigenvalue weighted by molar-refractivity contribution is -0.164. The predicted molar refractivity (Wildman–Crippen MR) is 92.1 cm³/mol. The molecule has 0 bridgehead atoms. The van der Waals surface area contributed by atoms with Gasteiger partial charge in [0.2, 0.25) is 0 Å². The van der Waals surface area contributed by atoms with Crippen molar-refractivity contribution in [2.24, 2.45) is 22.7 Å². The Balaban J connectivity index is 2.27. The van der Waals surface area contributed by atoms with E-state index in [1.807, 2.05) is 13.8 Å². The maximum absolute atomic E-state index is 11.9. The van der Waals surface area contributed by atoms with Crippen molar-refractivity contribution in [2.45, 2.75) is 65.7 Å². The van der Waals surface area contributed by atoms with E-state index in [1.165, 1.54) is 5.57 Å². The Morgan fingerprint density at radius 1 is 1.39 bits per heavy atom. The molecule has 0 heterocycles. The van der Waals surface area contributed by atoms with E-state index in [-0.39, 0.29) is 11.3 Å². The van der Waals surface area contributed by atoms with Gasteiger partial charge in [-0.15, -0.1) is 0 Å². The lowest BCUT2D eigenvalue weighted by Crippen LogP contribution is -2.53. The van der Waals surface area contributed by atoms with E-state index in [0.717, 1.165) is 56.8 Å². The van der Waals surface area contributed by atoms with Crippen LogP contribution in [-0.4, -0.2) is 17.4 Å². The van der Waals surface area contributed by atoms with E-state index in [9.17, 15) is 14.7 Å². The number of carboxylic acid groups (broad SMARTS) is 1. The molecule has 0 spiro atoms. The molecule has 2 saturated carbocycles. The Morgan fingerprint density at radius 2 is 2.09 bits per heavy atom. The Hall–Kier alpha value is -1.38. The van der Waals surface area contributed by atoms with Gasteiger partial charge in [-0.1, -0.05) is 31.1 Å². The second kappa shape index (κ2) is 6.62. The first-order chi connectivity index (χ1) is 10.8. The van der Waals surface area contributed by atoms with Gasteiger partial charge in [-0.3, -0.25) is 9.59 Å². The van der Waals surface area contributed by atoms with Crippen LogP contribution >= 0.6 is 0 Å². The third-order valence-corrected chi connectivity index (χ3v) is 6.69. The molecule has 2 aliphatic carbocycles. The maximum atomic E-state index is 11.9. The number of aliphatic carboxylic acids is 1. The van der Waals surface area contributed by atoms with Gasteiger partial charge >= 0.3 is 5.97 Å². The van der Waals surface area contributed by atoms with Crippen LogP contribution in [0.15, 0.2) is 23.8 Å². The van der Waals surface area contributed by atoms with Crippen molar-refractivity contribution in [3.63, 3.8) is 0 Å². The lowest BCUT2D eigenvalue weighted by Gasteiger charge is -2.57. The summed E-state index contributed by atoms with van der Waals surface area (Å²) in [5.74, 6) is -0.0703. The van der Waals surface area contributed by atoms with E-state index in [1.54, 1.807) is 6.08 Å². The van der Waals surface area contributed by atoms with Crippen molar-refractivity contribution < 1.29 is 14.7 Å². The zero-order chi connectivity index (χ0) is 17.3. The van der Waals surface area contributed by atoms with E-state index in [0.29, 0.717) is 5.92 Å². The molecule has 2 rings (SSSR count). The first-order valence-corrected chi connectivity index (χ1v) is 8.77. The van der Waals surface area contributed by atoms with Crippen molar-refractivity contribution in [1.82, 2.24) is 0 Å². The summed E-state index contributed by atoms with van der Waals surface area (Å²) in [6.07, 6.45) is 9.05. The summed E-state index contributed by atoms with van der Waals surface area (Å²) in [6, 6.07) is 0. The van der Waals surface area contributed by atoms with Gasteiger partial charge < -0.3 is 5.11 Å². The average Bonchev–Trinajstić information content (AvgIpc) is 2.46. The molecule has 23 heavy (non-hydrogen) atoms. The molecule has 0 unspecified atom stereocenters. The maximum Gasteiger partial charge on any atom is 0.309 e. The molecule has 0 aromatic heterocycles. The van der Waals surface area contributed by atoms with E-state index in [2.05, 4.69) is 13.5 Å². The first-order valence-electron chi connectivity index (χ1n) is 8.77. The third kappa shape index (κ3) is 3.15. The molecular weight excluding hydrogens is 288 g/mol. The van der Waals surface area contributed by atoms with Gasteiger partial charge in [-0.25, -0.2) is 0 Å². The van der Waals surface area contributed by atoms with Gasteiger partial charge in [0.25, 0.3) is 0 Å². The lowest BCUT2D eigenvalue weighted by atomic mass is 9.46. The minimum atomic E-state index is -0.642. The van der Waals surface area contributed by atoms with Crippen LogP contribution in [0, 0.1) is 22.7 Å². The molecule has 2 aliphatic rings. The topological polar surface area (TPSA) is 54.4 Å². The van der Waals surface area contributed by atoms with Crippen LogP contribution in [0.2, 0.25) is 0 Å². The average molecular weight is 318 g/mol. The fraction of sp³-hybridized carbons (Fsp3) is 0.700. The van der Waals surface area contributed by atoms with Crippen LogP contribution in [0.3, 0.4) is 0 Å². The molecule has 2 fully saturated rings. The number of fused-ring (bicyclic) bond motifs is 1. The zero-order valence-electron chi connectivity index (χ0n) is 14.7. The number of carbonyl (C=O) groups is 2. The SMILES string of the molecule is C=C1CC[C@@H]2[C@](C)(CCC[C@@]2(C)C(=O)O)[C@H]1CC/C(C)=C/C=O. The van der Waals surface area contributed by atoms with Crippen molar-refractivity contribution in [1.29, 1.82) is 0 Å². The molecular formula is C20H30O3. The molecule has 4 atom stereocenters. The van der Waals surface area contributed by atoms with Crippen LogP contribution in [0.4, 0.5) is 0 Å². The van der Waals surface area contributed by atoms with Crippen LogP contribution in [0.5, 0.6) is 0 Å². The third-order valence-electron chi connectivity index (χ3n) is 6.69. The summed E-state index contributed by atoms with van der Waals surface area (Å²) in [6.45, 7) is 10.5. The van der Waals surface area contributed by atoms with Crippen molar-refractivity contribution in [3.8, 4) is 0 Å². The van der Waals surface area contributed by atoms with Gasteiger partial charge in [0.05, 0.1) is 5.41 Å². The zero-order valence-corrected chi connectivity index (χ0v) is 14.7. The predicted octanol–water partition coefficient (Wildman–Crippen LogP) is 4.78. The van der Waals surface area contributed by atoms with E-state index in [4.69, 9.17) is 0 Å². The summed E-state index contributed by atoms with van der Waals surface area (Å²) < 4.78 is 0. The summed E-state index contributed by atoms with van der Waals surface area (Å²) in [5.41, 5.74) is 1.77. The number of hydrogen-bond acceptors (Lipinski definition) is 2. The monoisotopic (exact) mass is 318 g/mol. The number of rotatable bonds is 5. The smallest absolute Gasteiger partial charge is 0.309 e. The van der Waals surface area contributed by atoms with E-state index >= 15 is 0 Å². The molecule has 0 radical (unpaired) electrons.